The summed E-state index contributed by atoms with van der Waals surface area (Å²) in [5.74, 6) is 0.388. The molecular formula is C15H24N2O2. The van der Waals surface area contributed by atoms with Crippen LogP contribution in [0.5, 0.6) is 0 Å². The fourth-order valence-electron chi connectivity index (χ4n) is 3.55. The number of hydrogen-bond donors (Lipinski definition) is 1. The van der Waals surface area contributed by atoms with Gasteiger partial charge in [0.25, 0.3) is 0 Å². The smallest absolute Gasteiger partial charge is 0.227 e. The molecule has 0 radical (unpaired) electrons. The van der Waals surface area contributed by atoms with Crippen molar-refractivity contribution in [3.63, 3.8) is 0 Å². The monoisotopic (exact) mass is 264 g/mol. The van der Waals surface area contributed by atoms with Crippen LogP contribution in [0.2, 0.25) is 0 Å². The summed E-state index contributed by atoms with van der Waals surface area (Å²) in [6.45, 7) is 7.96. The number of amides is 2. The minimum absolute atomic E-state index is 0.0462. The Morgan fingerprint density at radius 3 is 2.21 bits per heavy atom. The van der Waals surface area contributed by atoms with Gasteiger partial charge in [-0.05, 0) is 39.0 Å². The van der Waals surface area contributed by atoms with Gasteiger partial charge in [-0.3, -0.25) is 9.59 Å². The third-order valence-electron chi connectivity index (χ3n) is 4.47. The van der Waals surface area contributed by atoms with E-state index in [4.69, 9.17) is 0 Å². The highest BCUT2D eigenvalue weighted by molar-refractivity contribution is 5.89. The second kappa shape index (κ2) is 5.76. The van der Waals surface area contributed by atoms with Crippen molar-refractivity contribution in [3.8, 4) is 0 Å². The molecule has 2 amide bonds. The highest BCUT2D eigenvalue weighted by Gasteiger charge is 2.51. The molecule has 4 nitrogen and oxygen atoms in total. The average Bonchev–Trinajstić information content (AvgIpc) is 3.00. The molecule has 1 fully saturated rings. The minimum Gasteiger partial charge on any atom is -0.356 e. The van der Waals surface area contributed by atoms with Crippen molar-refractivity contribution in [1.82, 2.24) is 10.2 Å². The van der Waals surface area contributed by atoms with Crippen LogP contribution in [-0.4, -0.2) is 36.3 Å². The first kappa shape index (κ1) is 14.1. The number of nitrogens with one attached hydrogen (secondary N) is 1. The van der Waals surface area contributed by atoms with Gasteiger partial charge in [0.1, 0.15) is 0 Å². The fraction of sp³-hybridized carbons (Fsp3) is 0.733. The first-order valence-corrected chi connectivity index (χ1v) is 7.38. The largest absolute Gasteiger partial charge is 0.356 e. The molecule has 0 spiro atoms. The second-order valence-electron chi connectivity index (χ2n) is 5.40. The van der Waals surface area contributed by atoms with Crippen molar-refractivity contribution < 1.29 is 9.59 Å². The number of nitrogens with zero attached hydrogens (tertiary/aromatic N) is 1. The zero-order valence-electron chi connectivity index (χ0n) is 12.1. The number of carbonyl (C=O) groups is 2. The predicted molar refractivity (Wildman–Crippen MR) is 74.3 cm³/mol. The van der Waals surface area contributed by atoms with Crippen molar-refractivity contribution in [2.45, 2.75) is 27.2 Å². The Morgan fingerprint density at radius 2 is 1.68 bits per heavy atom. The number of rotatable bonds is 5. The first-order valence-electron chi connectivity index (χ1n) is 7.38. The van der Waals surface area contributed by atoms with Crippen LogP contribution in [0.4, 0.5) is 0 Å². The van der Waals surface area contributed by atoms with Gasteiger partial charge in [-0.1, -0.05) is 12.2 Å². The highest BCUT2D eigenvalue weighted by atomic mass is 16.2. The predicted octanol–water partition coefficient (Wildman–Crippen LogP) is 1.43. The van der Waals surface area contributed by atoms with Crippen molar-refractivity contribution in [2.75, 3.05) is 19.6 Å². The van der Waals surface area contributed by atoms with Gasteiger partial charge >= 0.3 is 0 Å². The van der Waals surface area contributed by atoms with E-state index in [1.165, 1.54) is 0 Å². The van der Waals surface area contributed by atoms with Crippen LogP contribution in [0.15, 0.2) is 12.2 Å². The summed E-state index contributed by atoms with van der Waals surface area (Å²) >= 11 is 0. The SMILES string of the molecule is CCNC(=O)C1C2C=CC(C2)C1C(=O)N(CC)CC. The van der Waals surface area contributed by atoms with E-state index in [2.05, 4.69) is 17.5 Å². The third-order valence-corrected chi connectivity index (χ3v) is 4.47. The maximum absolute atomic E-state index is 12.6. The fourth-order valence-corrected chi connectivity index (χ4v) is 3.55. The lowest BCUT2D eigenvalue weighted by molar-refractivity contribution is -0.142. The molecule has 0 aromatic heterocycles. The number of fused-ring (bicyclic) bond motifs is 2. The second-order valence-corrected chi connectivity index (χ2v) is 5.40. The molecule has 0 aliphatic heterocycles. The lowest BCUT2D eigenvalue weighted by Crippen LogP contribution is -2.45. The van der Waals surface area contributed by atoms with Gasteiger partial charge in [-0.25, -0.2) is 0 Å². The summed E-state index contributed by atoms with van der Waals surface area (Å²) in [6.07, 6.45) is 5.21. The molecule has 4 atom stereocenters. The quantitative estimate of drug-likeness (QED) is 0.764. The molecule has 2 aliphatic carbocycles. The van der Waals surface area contributed by atoms with Crippen molar-refractivity contribution in [3.05, 3.63) is 12.2 Å². The van der Waals surface area contributed by atoms with Crippen LogP contribution in [0.25, 0.3) is 0 Å². The van der Waals surface area contributed by atoms with Crippen LogP contribution in [0.1, 0.15) is 27.2 Å². The lowest BCUT2D eigenvalue weighted by Gasteiger charge is -2.30. The van der Waals surface area contributed by atoms with E-state index in [9.17, 15) is 9.59 Å². The zero-order chi connectivity index (χ0) is 14.0. The Morgan fingerprint density at radius 1 is 1.11 bits per heavy atom. The molecule has 0 aromatic rings. The first-order chi connectivity index (χ1) is 9.13. The Balaban J connectivity index is 2.19. The molecule has 1 saturated carbocycles. The van der Waals surface area contributed by atoms with E-state index in [-0.39, 0.29) is 35.5 Å². The van der Waals surface area contributed by atoms with Crippen molar-refractivity contribution in [1.29, 1.82) is 0 Å². The van der Waals surface area contributed by atoms with Crippen molar-refractivity contribution in [2.24, 2.45) is 23.7 Å². The van der Waals surface area contributed by atoms with E-state index in [0.29, 0.717) is 6.54 Å². The molecule has 4 heteroatoms. The lowest BCUT2D eigenvalue weighted by atomic mass is 9.81. The number of allylic oxidation sites excluding steroid dienone is 2. The van der Waals surface area contributed by atoms with Gasteiger partial charge in [-0.2, -0.15) is 0 Å². The van der Waals surface area contributed by atoms with Crippen molar-refractivity contribution >= 4 is 11.8 Å². The Kier molecular flexibility index (Phi) is 4.27. The molecule has 0 aromatic carbocycles. The zero-order valence-corrected chi connectivity index (χ0v) is 12.1. The highest BCUT2D eigenvalue weighted by Crippen LogP contribution is 2.48. The van der Waals surface area contributed by atoms with Gasteiger partial charge < -0.3 is 10.2 Å². The molecule has 0 heterocycles. The van der Waals surface area contributed by atoms with E-state index >= 15 is 0 Å². The minimum atomic E-state index is -0.164. The Hall–Kier alpha value is -1.32. The standard InChI is InChI=1S/C15H24N2O2/c1-4-16-14(18)12-10-7-8-11(9-10)13(12)15(19)17(5-2)6-3/h7-8,10-13H,4-6,9H2,1-3H3,(H,16,18). The maximum Gasteiger partial charge on any atom is 0.227 e. The van der Waals surface area contributed by atoms with Gasteiger partial charge in [0.2, 0.25) is 11.8 Å². The molecular weight excluding hydrogens is 240 g/mol. The van der Waals surface area contributed by atoms with Gasteiger partial charge in [0.15, 0.2) is 0 Å². The van der Waals surface area contributed by atoms with Gasteiger partial charge in [0.05, 0.1) is 11.8 Å². The Labute approximate surface area is 115 Å². The van der Waals surface area contributed by atoms with Crippen LogP contribution in [0.3, 0.4) is 0 Å². The molecule has 4 unspecified atom stereocenters. The molecule has 19 heavy (non-hydrogen) atoms. The normalized spacial score (nSPS) is 31.5. The average molecular weight is 264 g/mol. The van der Waals surface area contributed by atoms with Crippen LogP contribution >= 0.6 is 0 Å². The number of carbonyl (C=O) groups excluding carboxylic acids is 2. The summed E-state index contributed by atoms with van der Waals surface area (Å²) in [4.78, 5) is 26.7. The molecule has 106 valence electrons. The summed E-state index contributed by atoms with van der Waals surface area (Å²) in [6, 6.07) is 0. The van der Waals surface area contributed by atoms with Crippen LogP contribution < -0.4 is 5.32 Å². The molecule has 2 bridgehead atoms. The molecule has 2 aliphatic rings. The van der Waals surface area contributed by atoms with Gasteiger partial charge in [-0.15, -0.1) is 0 Å². The summed E-state index contributed by atoms with van der Waals surface area (Å²) in [5, 5.41) is 2.89. The van der Waals surface area contributed by atoms with Crippen LogP contribution in [0, 0.1) is 23.7 Å². The maximum atomic E-state index is 12.6. The van der Waals surface area contributed by atoms with E-state index < -0.39 is 0 Å². The number of hydrogen-bond acceptors (Lipinski definition) is 2. The molecule has 2 rings (SSSR count). The van der Waals surface area contributed by atoms with E-state index in [1.54, 1.807) is 0 Å². The third kappa shape index (κ3) is 2.40. The van der Waals surface area contributed by atoms with E-state index in [0.717, 1.165) is 19.5 Å². The molecule has 1 N–H and O–H groups in total. The Bertz CT molecular complexity index is 388. The van der Waals surface area contributed by atoms with Crippen LogP contribution in [-0.2, 0) is 9.59 Å². The summed E-state index contributed by atoms with van der Waals surface area (Å²) in [7, 11) is 0. The summed E-state index contributed by atoms with van der Waals surface area (Å²) < 4.78 is 0. The van der Waals surface area contributed by atoms with Gasteiger partial charge in [0, 0.05) is 19.6 Å². The van der Waals surface area contributed by atoms with E-state index in [1.807, 2.05) is 25.7 Å². The molecule has 0 saturated heterocycles. The summed E-state index contributed by atoms with van der Waals surface area (Å²) in [5.41, 5.74) is 0. The topological polar surface area (TPSA) is 49.4 Å².